The molecule has 0 unspecified atom stereocenters. The highest BCUT2D eigenvalue weighted by Gasteiger charge is 2.41. The van der Waals surface area contributed by atoms with Gasteiger partial charge in [0.15, 0.2) is 0 Å². The SMILES string of the molecule is C=CCCCC1=C(C)c2c(ccc3c2Sc2c(cccc2-c2cccc4c2SC2=C(CC=CC5=C2c2ccccc2C5(C)C)S4)S3)C1(C)C. The van der Waals surface area contributed by atoms with Crippen LogP contribution in [0.4, 0.5) is 0 Å². The maximum atomic E-state index is 3.98. The molecule has 0 radical (unpaired) electrons. The van der Waals surface area contributed by atoms with Crippen LogP contribution in [-0.4, -0.2) is 0 Å². The number of allylic oxidation sites excluding steroid dienone is 8. The third kappa shape index (κ3) is 4.77. The number of hydrogen-bond donors (Lipinski definition) is 0. The first kappa shape index (κ1) is 31.9. The first-order valence-corrected chi connectivity index (χ1v) is 20.7. The van der Waals surface area contributed by atoms with E-state index in [1.165, 1.54) is 89.3 Å². The summed E-state index contributed by atoms with van der Waals surface area (Å²) in [4.78, 5) is 11.3. The van der Waals surface area contributed by atoms with E-state index in [9.17, 15) is 0 Å². The smallest absolute Gasteiger partial charge is 0.0341 e. The van der Waals surface area contributed by atoms with Gasteiger partial charge in [0.2, 0.25) is 0 Å². The van der Waals surface area contributed by atoms with E-state index in [1.54, 1.807) is 5.57 Å². The quantitative estimate of drug-likeness (QED) is 0.132. The molecule has 5 aliphatic rings. The Morgan fingerprint density at radius 1 is 0.694 bits per heavy atom. The zero-order valence-electron chi connectivity index (χ0n) is 28.8. The van der Waals surface area contributed by atoms with Crippen molar-refractivity contribution in [1.82, 2.24) is 0 Å². The zero-order chi connectivity index (χ0) is 33.7. The van der Waals surface area contributed by atoms with Gasteiger partial charge in [-0.2, -0.15) is 0 Å². The number of hydrogen-bond acceptors (Lipinski definition) is 4. The monoisotopic (exact) mass is 708 g/mol. The molecule has 9 rings (SSSR count). The van der Waals surface area contributed by atoms with Crippen molar-refractivity contribution < 1.29 is 0 Å². The molecule has 2 heterocycles. The Morgan fingerprint density at radius 2 is 1.39 bits per heavy atom. The lowest BCUT2D eigenvalue weighted by Gasteiger charge is -2.28. The number of fused-ring (bicyclic) bond motifs is 8. The first-order chi connectivity index (χ1) is 23.7. The molecule has 3 aliphatic carbocycles. The molecule has 4 heteroatoms. The molecule has 4 aromatic rings. The third-order valence-electron chi connectivity index (χ3n) is 11.2. The van der Waals surface area contributed by atoms with Crippen molar-refractivity contribution in [2.45, 2.75) is 101 Å². The van der Waals surface area contributed by atoms with E-state index >= 15 is 0 Å². The normalized spacial score (nSPS) is 19.0. The summed E-state index contributed by atoms with van der Waals surface area (Å²) in [5.41, 5.74) is 14.5. The standard InChI is InChI=1S/C45H40S4/c1-7-8-9-18-30-26(2)38-33(44(30,3)4)24-25-37-42(38)48-40-27(16-13-22-35(40)47-37)28-17-12-21-34-41(28)49-43-36(46-34)23-14-20-32-39(43)29-15-10-11-19-31(29)45(32,5)6/h7,10-17,19-22,24-25H,1,8-9,18,23H2,2-6H3. The minimum absolute atomic E-state index is 0.0113. The molecule has 0 N–H and O–H groups in total. The Hall–Kier alpha value is -3.02. The van der Waals surface area contributed by atoms with Crippen LogP contribution in [0.25, 0.3) is 22.3 Å². The van der Waals surface area contributed by atoms with Crippen molar-refractivity contribution >= 4 is 58.2 Å². The lowest BCUT2D eigenvalue weighted by atomic mass is 9.79. The molecule has 0 saturated heterocycles. The lowest BCUT2D eigenvalue weighted by molar-refractivity contribution is 0.595. The summed E-state index contributed by atoms with van der Waals surface area (Å²) >= 11 is 7.96. The highest BCUT2D eigenvalue weighted by molar-refractivity contribution is 8.10. The van der Waals surface area contributed by atoms with Gasteiger partial charge >= 0.3 is 0 Å². The van der Waals surface area contributed by atoms with Gasteiger partial charge in [-0.1, -0.05) is 153 Å². The van der Waals surface area contributed by atoms with Gasteiger partial charge < -0.3 is 0 Å². The molecule has 2 aliphatic heterocycles. The Morgan fingerprint density at radius 3 is 2.16 bits per heavy atom. The topological polar surface area (TPSA) is 0 Å². The Labute approximate surface area is 308 Å². The van der Waals surface area contributed by atoms with Crippen molar-refractivity contribution in [3.8, 4) is 11.1 Å². The molecule has 4 aromatic carbocycles. The van der Waals surface area contributed by atoms with Crippen LogP contribution >= 0.6 is 47.0 Å². The average molecular weight is 709 g/mol. The van der Waals surface area contributed by atoms with E-state index < -0.39 is 0 Å². The average Bonchev–Trinajstić information content (AvgIpc) is 3.32. The van der Waals surface area contributed by atoms with E-state index in [-0.39, 0.29) is 10.8 Å². The fraction of sp³-hybridized carbons (Fsp3) is 0.244. The zero-order valence-corrected chi connectivity index (χ0v) is 32.1. The van der Waals surface area contributed by atoms with Crippen LogP contribution < -0.4 is 0 Å². The minimum Gasteiger partial charge on any atom is -0.103 e. The van der Waals surface area contributed by atoms with Gasteiger partial charge in [-0.05, 0) is 95.3 Å². The highest BCUT2D eigenvalue weighted by Crippen LogP contribution is 2.63. The van der Waals surface area contributed by atoms with Crippen LogP contribution in [0, 0.1) is 0 Å². The number of thioether (sulfide) groups is 2. The molecule has 0 atom stereocenters. The molecule has 0 bridgehead atoms. The fourth-order valence-corrected chi connectivity index (χ4v) is 14.0. The Balaban J connectivity index is 1.15. The summed E-state index contributed by atoms with van der Waals surface area (Å²) in [6.45, 7) is 16.0. The maximum Gasteiger partial charge on any atom is 0.0341 e. The summed E-state index contributed by atoms with van der Waals surface area (Å²) in [5, 5.41) is 0. The van der Waals surface area contributed by atoms with Gasteiger partial charge in [-0.25, -0.2) is 0 Å². The summed E-state index contributed by atoms with van der Waals surface area (Å²) in [7, 11) is 0. The first-order valence-electron chi connectivity index (χ1n) is 17.4. The van der Waals surface area contributed by atoms with Crippen molar-refractivity contribution in [2.75, 3.05) is 0 Å². The summed E-state index contributed by atoms with van der Waals surface area (Å²) < 4.78 is 0. The Kier molecular flexibility index (Phi) is 7.67. The molecular weight excluding hydrogens is 669 g/mol. The third-order valence-corrected chi connectivity index (χ3v) is 16.6. The van der Waals surface area contributed by atoms with E-state index in [4.69, 9.17) is 0 Å². The molecule has 0 aromatic heterocycles. The van der Waals surface area contributed by atoms with Crippen molar-refractivity contribution in [1.29, 1.82) is 0 Å². The second-order valence-corrected chi connectivity index (χ2v) is 19.0. The summed E-state index contributed by atoms with van der Waals surface area (Å²) in [6, 6.07) is 27.8. The van der Waals surface area contributed by atoms with Gasteiger partial charge in [0.05, 0.1) is 0 Å². The van der Waals surface area contributed by atoms with Gasteiger partial charge in [-0.3, -0.25) is 0 Å². The molecular formula is C45H40S4. The molecule has 0 spiro atoms. The van der Waals surface area contributed by atoms with Crippen molar-refractivity contribution in [3.05, 3.63) is 141 Å². The molecule has 0 fully saturated rings. The van der Waals surface area contributed by atoms with Crippen LogP contribution in [0.1, 0.15) is 82.6 Å². The van der Waals surface area contributed by atoms with Crippen LogP contribution in [0.5, 0.6) is 0 Å². The molecule has 0 saturated carbocycles. The number of benzene rings is 4. The molecule has 0 amide bonds. The maximum absolute atomic E-state index is 3.98. The van der Waals surface area contributed by atoms with Gasteiger partial charge in [0.25, 0.3) is 0 Å². The predicted molar refractivity (Wildman–Crippen MR) is 215 cm³/mol. The molecule has 244 valence electrons. The van der Waals surface area contributed by atoms with Gasteiger partial charge in [0.1, 0.15) is 0 Å². The summed E-state index contributed by atoms with van der Waals surface area (Å²) in [6.07, 6.45) is 11.2. The van der Waals surface area contributed by atoms with Gasteiger partial charge in [-0.15, -0.1) is 6.58 Å². The van der Waals surface area contributed by atoms with Crippen LogP contribution in [0.2, 0.25) is 0 Å². The Bertz CT molecular complexity index is 2250. The molecule has 0 nitrogen and oxygen atoms in total. The van der Waals surface area contributed by atoms with Crippen molar-refractivity contribution in [3.63, 3.8) is 0 Å². The largest absolute Gasteiger partial charge is 0.103 e. The van der Waals surface area contributed by atoms with E-state index in [2.05, 4.69) is 132 Å². The fourth-order valence-electron chi connectivity index (χ4n) is 8.72. The molecule has 49 heavy (non-hydrogen) atoms. The second-order valence-electron chi connectivity index (χ2n) is 14.7. The highest BCUT2D eigenvalue weighted by atomic mass is 32.2. The van der Waals surface area contributed by atoms with Crippen LogP contribution in [0.3, 0.4) is 0 Å². The van der Waals surface area contributed by atoms with Crippen molar-refractivity contribution in [2.24, 2.45) is 0 Å². The van der Waals surface area contributed by atoms with Gasteiger partial charge in [0, 0.05) is 55.6 Å². The lowest BCUT2D eigenvalue weighted by Crippen LogP contribution is -2.17. The van der Waals surface area contributed by atoms with E-state index in [0.717, 1.165) is 25.7 Å². The minimum atomic E-state index is -0.0113. The number of unbranched alkanes of at least 4 members (excludes halogenated alkanes) is 1. The van der Waals surface area contributed by atoms with E-state index in [0.29, 0.717) is 0 Å². The second kappa shape index (κ2) is 11.8. The number of rotatable bonds is 5. The summed E-state index contributed by atoms with van der Waals surface area (Å²) in [5.74, 6) is 0. The van der Waals surface area contributed by atoms with Crippen LogP contribution in [0.15, 0.2) is 148 Å². The van der Waals surface area contributed by atoms with Crippen LogP contribution in [-0.2, 0) is 10.8 Å². The predicted octanol–water partition coefficient (Wildman–Crippen LogP) is 14.5. The van der Waals surface area contributed by atoms with E-state index in [1.807, 2.05) is 47.0 Å².